The highest BCUT2D eigenvalue weighted by Gasteiger charge is 2.28. The zero-order valence-corrected chi connectivity index (χ0v) is 16.5. The molecule has 0 bridgehead atoms. The van der Waals surface area contributed by atoms with Gasteiger partial charge < -0.3 is 10.2 Å². The predicted octanol–water partition coefficient (Wildman–Crippen LogP) is 4.55. The topological polar surface area (TPSA) is 75.9 Å². The van der Waals surface area contributed by atoms with Crippen LogP contribution in [0, 0.1) is 0 Å². The molecule has 3 aromatic rings. The lowest BCUT2D eigenvalue weighted by atomic mass is 10.1. The second-order valence-corrected chi connectivity index (χ2v) is 7.40. The average Bonchev–Trinajstić information content (AvgIpc) is 3.44. The minimum atomic E-state index is -0.206. The number of rotatable bonds is 5. The fourth-order valence-corrected chi connectivity index (χ4v) is 3.36. The molecule has 0 radical (unpaired) electrons. The Hall–Kier alpha value is -2.93. The third-order valence-electron chi connectivity index (χ3n) is 5.04. The zero-order valence-electron chi connectivity index (χ0n) is 15.7. The number of aromatic nitrogens is 4. The van der Waals surface area contributed by atoms with Crippen molar-refractivity contribution in [2.45, 2.75) is 31.8 Å². The molecule has 1 unspecified atom stereocenters. The monoisotopic (exact) mass is 396 g/mol. The van der Waals surface area contributed by atoms with Gasteiger partial charge in [0.15, 0.2) is 5.82 Å². The molecule has 0 aliphatic heterocycles. The number of nitrogens with zero attached hydrogens (tertiary/aromatic N) is 5. The Morgan fingerprint density at radius 3 is 2.61 bits per heavy atom. The summed E-state index contributed by atoms with van der Waals surface area (Å²) in [6, 6.07) is 15.1. The van der Waals surface area contributed by atoms with E-state index in [2.05, 4.69) is 20.8 Å². The molecule has 4 rings (SSSR count). The zero-order chi connectivity index (χ0) is 19.7. The van der Waals surface area contributed by atoms with Gasteiger partial charge in [-0.25, -0.2) is 9.48 Å². The molecule has 1 aliphatic rings. The number of carbonyl (C=O) groups excluding carboxylic acids is 1. The molecule has 2 amide bonds. The third-order valence-corrected chi connectivity index (χ3v) is 5.38. The highest BCUT2D eigenvalue weighted by Crippen LogP contribution is 2.36. The van der Waals surface area contributed by atoms with E-state index >= 15 is 0 Å². The Labute approximate surface area is 168 Å². The Morgan fingerprint density at radius 1 is 1.21 bits per heavy atom. The van der Waals surface area contributed by atoms with Gasteiger partial charge in [0.25, 0.3) is 0 Å². The Balaban J connectivity index is 1.44. The minimum Gasteiger partial charge on any atom is -0.321 e. The summed E-state index contributed by atoms with van der Waals surface area (Å²) in [5, 5.41) is 15.5. The van der Waals surface area contributed by atoms with Crippen LogP contribution in [0.25, 0.3) is 11.4 Å². The molecule has 1 heterocycles. The molecule has 0 spiro atoms. The van der Waals surface area contributed by atoms with Crippen molar-refractivity contribution in [1.82, 2.24) is 25.1 Å². The molecule has 1 aliphatic carbocycles. The molecular formula is C20H21ClN6O. The predicted molar refractivity (Wildman–Crippen MR) is 108 cm³/mol. The molecule has 1 atom stereocenters. The number of tetrazole rings is 1. The largest absolute Gasteiger partial charge is 0.322 e. The average molecular weight is 397 g/mol. The molecule has 8 heteroatoms. The van der Waals surface area contributed by atoms with E-state index in [1.165, 1.54) is 0 Å². The van der Waals surface area contributed by atoms with Crippen molar-refractivity contribution in [1.29, 1.82) is 0 Å². The smallest absolute Gasteiger partial charge is 0.321 e. The van der Waals surface area contributed by atoms with Crippen LogP contribution in [0.4, 0.5) is 10.5 Å². The molecule has 7 nitrogen and oxygen atoms in total. The van der Waals surface area contributed by atoms with Crippen molar-refractivity contribution in [3.05, 3.63) is 59.1 Å². The van der Waals surface area contributed by atoms with Crippen molar-refractivity contribution < 1.29 is 4.79 Å². The van der Waals surface area contributed by atoms with E-state index in [1.807, 2.05) is 60.1 Å². The van der Waals surface area contributed by atoms with Gasteiger partial charge in [-0.05, 0) is 66.1 Å². The van der Waals surface area contributed by atoms with E-state index in [9.17, 15) is 4.79 Å². The second-order valence-electron chi connectivity index (χ2n) is 6.99. The maximum Gasteiger partial charge on any atom is 0.322 e. The summed E-state index contributed by atoms with van der Waals surface area (Å²) in [4.78, 5) is 14.3. The first-order valence-corrected chi connectivity index (χ1v) is 9.59. The van der Waals surface area contributed by atoms with Crippen LogP contribution < -0.4 is 5.32 Å². The second kappa shape index (κ2) is 7.59. The van der Waals surface area contributed by atoms with Gasteiger partial charge in [0.2, 0.25) is 0 Å². The normalized spacial score (nSPS) is 14.5. The van der Waals surface area contributed by atoms with Gasteiger partial charge >= 0.3 is 6.03 Å². The first kappa shape index (κ1) is 18.4. The van der Waals surface area contributed by atoms with Gasteiger partial charge in [0, 0.05) is 23.3 Å². The van der Waals surface area contributed by atoms with E-state index in [0.717, 1.165) is 29.8 Å². The van der Waals surface area contributed by atoms with E-state index in [0.29, 0.717) is 16.8 Å². The summed E-state index contributed by atoms with van der Waals surface area (Å²) < 4.78 is 1.87. The summed E-state index contributed by atoms with van der Waals surface area (Å²) in [7, 11) is 1.75. The van der Waals surface area contributed by atoms with Gasteiger partial charge in [-0.15, -0.1) is 5.10 Å². The van der Waals surface area contributed by atoms with Crippen molar-refractivity contribution in [2.75, 3.05) is 12.4 Å². The van der Waals surface area contributed by atoms with Gasteiger partial charge in [-0.1, -0.05) is 29.8 Å². The molecule has 1 N–H and O–H groups in total. The number of halogens is 1. The SMILES string of the molecule is CC(c1ccccc1Cl)N(C)C(=O)Nc1ccc(-c2nnnn2C2CC2)cc1. The number of nitrogens with one attached hydrogen (secondary N) is 1. The number of hydrogen-bond donors (Lipinski definition) is 1. The van der Waals surface area contributed by atoms with Gasteiger partial charge in [0.05, 0.1) is 12.1 Å². The highest BCUT2D eigenvalue weighted by molar-refractivity contribution is 6.31. The lowest BCUT2D eigenvalue weighted by molar-refractivity contribution is 0.208. The summed E-state index contributed by atoms with van der Waals surface area (Å²) in [5.41, 5.74) is 2.54. The third kappa shape index (κ3) is 3.71. The van der Waals surface area contributed by atoms with Crippen LogP contribution in [0.1, 0.15) is 37.4 Å². The summed E-state index contributed by atoms with van der Waals surface area (Å²) in [6.45, 7) is 1.95. The number of benzene rings is 2. The molecule has 1 aromatic heterocycles. The van der Waals surface area contributed by atoms with E-state index in [-0.39, 0.29) is 12.1 Å². The van der Waals surface area contributed by atoms with E-state index < -0.39 is 0 Å². The maximum atomic E-state index is 12.6. The van der Waals surface area contributed by atoms with Crippen LogP contribution in [0.2, 0.25) is 5.02 Å². The quantitative estimate of drug-likeness (QED) is 0.686. The van der Waals surface area contributed by atoms with Crippen molar-refractivity contribution >= 4 is 23.3 Å². The van der Waals surface area contributed by atoms with Gasteiger partial charge in [0.1, 0.15) is 0 Å². The Bertz CT molecular complexity index is 982. The number of anilines is 1. The van der Waals surface area contributed by atoms with Crippen LogP contribution in [-0.4, -0.2) is 38.2 Å². The standard InChI is InChI=1S/C20H21ClN6O/c1-13(17-5-3-4-6-18(17)21)26(2)20(28)22-15-9-7-14(8-10-15)19-23-24-25-27(19)16-11-12-16/h3-10,13,16H,11-12H2,1-2H3,(H,22,28). The Kier molecular flexibility index (Phi) is 5.00. The first-order valence-electron chi connectivity index (χ1n) is 9.21. The fourth-order valence-electron chi connectivity index (χ4n) is 3.06. The number of carbonyl (C=O) groups is 1. The fraction of sp³-hybridized carbons (Fsp3) is 0.300. The summed E-state index contributed by atoms with van der Waals surface area (Å²) in [5.74, 6) is 0.754. The summed E-state index contributed by atoms with van der Waals surface area (Å²) >= 11 is 6.26. The van der Waals surface area contributed by atoms with Crippen molar-refractivity contribution in [3.8, 4) is 11.4 Å². The number of urea groups is 1. The number of hydrogen-bond acceptors (Lipinski definition) is 4. The maximum absolute atomic E-state index is 12.6. The van der Waals surface area contributed by atoms with Crippen molar-refractivity contribution in [2.24, 2.45) is 0 Å². The van der Waals surface area contributed by atoms with Crippen LogP contribution in [-0.2, 0) is 0 Å². The van der Waals surface area contributed by atoms with Crippen LogP contribution in [0.3, 0.4) is 0 Å². The first-order chi connectivity index (χ1) is 13.5. The van der Waals surface area contributed by atoms with Crippen LogP contribution in [0.5, 0.6) is 0 Å². The van der Waals surface area contributed by atoms with Gasteiger partial charge in [-0.3, -0.25) is 0 Å². The number of amides is 2. The highest BCUT2D eigenvalue weighted by atomic mass is 35.5. The molecular weight excluding hydrogens is 376 g/mol. The Morgan fingerprint density at radius 2 is 1.93 bits per heavy atom. The van der Waals surface area contributed by atoms with Gasteiger partial charge in [-0.2, -0.15) is 0 Å². The lowest BCUT2D eigenvalue weighted by Gasteiger charge is -2.26. The molecule has 2 aromatic carbocycles. The summed E-state index contributed by atoms with van der Waals surface area (Å²) in [6.07, 6.45) is 2.23. The van der Waals surface area contributed by atoms with E-state index in [1.54, 1.807) is 11.9 Å². The molecule has 1 saturated carbocycles. The minimum absolute atomic E-state index is 0.156. The molecule has 28 heavy (non-hydrogen) atoms. The lowest BCUT2D eigenvalue weighted by Crippen LogP contribution is -2.33. The molecule has 144 valence electrons. The van der Waals surface area contributed by atoms with Crippen LogP contribution >= 0.6 is 11.6 Å². The molecule has 0 saturated heterocycles. The van der Waals surface area contributed by atoms with E-state index in [4.69, 9.17) is 11.6 Å². The van der Waals surface area contributed by atoms with Crippen LogP contribution in [0.15, 0.2) is 48.5 Å². The van der Waals surface area contributed by atoms with Crippen molar-refractivity contribution in [3.63, 3.8) is 0 Å². The molecule has 1 fully saturated rings.